The van der Waals surface area contributed by atoms with Crippen molar-refractivity contribution in [1.29, 1.82) is 0 Å². The molecule has 0 bridgehead atoms. The van der Waals surface area contributed by atoms with Gasteiger partial charge in [-0.15, -0.1) is 0 Å². The Kier molecular flexibility index (Phi) is 9.93. The molecule has 0 aromatic heterocycles. The Morgan fingerprint density at radius 2 is 1.44 bits per heavy atom. The number of quaternary nitrogens is 1. The zero-order chi connectivity index (χ0) is 25.5. The lowest BCUT2D eigenvalue weighted by atomic mass is 9.72. The number of rotatable bonds is 13. The van der Waals surface area contributed by atoms with E-state index in [-0.39, 0.29) is 30.7 Å². The van der Waals surface area contributed by atoms with Crippen LogP contribution < -0.4 is 4.74 Å². The van der Waals surface area contributed by atoms with Gasteiger partial charge in [-0.1, -0.05) is 77.1 Å². The van der Waals surface area contributed by atoms with E-state index < -0.39 is 7.82 Å². The number of likely N-dealkylation sites (N-methyl/N-ethyl adjacent to an activating group) is 1. The molecule has 190 valence electrons. The quantitative estimate of drug-likeness (QED) is 0.205. The molecule has 0 aliphatic heterocycles. The fourth-order valence-corrected chi connectivity index (χ4v) is 5.03. The molecule has 34 heavy (non-hydrogen) atoms. The number of hydrogen-bond donors (Lipinski definition) is 1. The molecule has 0 saturated heterocycles. The molecule has 1 N–H and O–H groups in total. The predicted octanol–water partition coefficient (Wildman–Crippen LogP) is 6.19. The summed E-state index contributed by atoms with van der Waals surface area (Å²) in [6, 6.07) is 18.2. The van der Waals surface area contributed by atoms with Crippen LogP contribution in [0.4, 0.5) is 0 Å². The molecule has 0 radical (unpaired) electrons. The average molecular weight is 493 g/mol. The highest BCUT2D eigenvalue weighted by Gasteiger charge is 2.27. The SMILES string of the molecule is CC(C)(C)CC(C)(C)c1ccc(OCCOP(=O)(O)OCC[N+](C)(C)Cc2ccccc2)cc1. The summed E-state index contributed by atoms with van der Waals surface area (Å²) in [4.78, 5) is 9.97. The van der Waals surface area contributed by atoms with Gasteiger partial charge in [-0.3, -0.25) is 9.05 Å². The summed E-state index contributed by atoms with van der Waals surface area (Å²) < 4.78 is 28.7. The van der Waals surface area contributed by atoms with Crippen molar-refractivity contribution in [3.05, 3.63) is 65.7 Å². The summed E-state index contributed by atoms with van der Waals surface area (Å²) in [5, 5.41) is 0. The lowest BCUT2D eigenvalue weighted by Crippen LogP contribution is -2.41. The van der Waals surface area contributed by atoms with Crippen molar-refractivity contribution in [3.63, 3.8) is 0 Å². The first-order valence-electron chi connectivity index (χ1n) is 11.9. The van der Waals surface area contributed by atoms with Crippen LogP contribution in [0.2, 0.25) is 0 Å². The van der Waals surface area contributed by atoms with Gasteiger partial charge in [0.25, 0.3) is 0 Å². The molecule has 1 atom stereocenters. The van der Waals surface area contributed by atoms with Crippen LogP contribution in [0, 0.1) is 5.41 Å². The van der Waals surface area contributed by atoms with Crippen molar-refractivity contribution in [2.24, 2.45) is 5.41 Å². The fourth-order valence-electron chi connectivity index (χ4n) is 4.34. The Balaban J connectivity index is 1.72. The zero-order valence-electron chi connectivity index (χ0n) is 21.9. The minimum absolute atomic E-state index is 0.0344. The van der Waals surface area contributed by atoms with Crippen LogP contribution in [0.15, 0.2) is 54.6 Å². The van der Waals surface area contributed by atoms with Gasteiger partial charge in [0.15, 0.2) is 0 Å². The van der Waals surface area contributed by atoms with Crippen molar-refractivity contribution in [2.75, 3.05) is 40.5 Å². The van der Waals surface area contributed by atoms with Crippen LogP contribution in [-0.2, 0) is 25.6 Å². The third-order valence-electron chi connectivity index (χ3n) is 5.62. The Labute approximate surface area is 206 Å². The van der Waals surface area contributed by atoms with E-state index in [1.165, 1.54) is 11.1 Å². The second-order valence-electron chi connectivity index (χ2n) is 11.4. The van der Waals surface area contributed by atoms with Gasteiger partial charge in [0, 0.05) is 5.56 Å². The zero-order valence-corrected chi connectivity index (χ0v) is 22.8. The first-order valence-corrected chi connectivity index (χ1v) is 13.4. The van der Waals surface area contributed by atoms with Crippen LogP contribution in [-0.4, -0.2) is 49.8 Å². The van der Waals surface area contributed by atoms with Crippen LogP contribution in [0.1, 0.15) is 52.2 Å². The number of phosphoric acid groups is 1. The molecule has 7 heteroatoms. The second-order valence-corrected chi connectivity index (χ2v) is 12.9. The van der Waals surface area contributed by atoms with Gasteiger partial charge in [-0.25, -0.2) is 4.57 Å². The van der Waals surface area contributed by atoms with Gasteiger partial charge in [-0.05, 0) is 34.9 Å². The molecule has 0 saturated carbocycles. The molecule has 0 fully saturated rings. The molecule has 0 aliphatic rings. The Bertz CT molecular complexity index is 920. The molecule has 0 aliphatic carbocycles. The van der Waals surface area contributed by atoms with Crippen molar-refractivity contribution in [2.45, 2.75) is 53.0 Å². The van der Waals surface area contributed by atoms with Gasteiger partial charge >= 0.3 is 7.82 Å². The van der Waals surface area contributed by atoms with Crippen molar-refractivity contribution in [3.8, 4) is 5.75 Å². The average Bonchev–Trinajstić information content (AvgIpc) is 2.70. The first kappa shape index (κ1) is 28.5. The van der Waals surface area contributed by atoms with E-state index in [9.17, 15) is 9.46 Å². The molecular formula is C27H43NO5P+. The van der Waals surface area contributed by atoms with Crippen molar-refractivity contribution >= 4 is 7.82 Å². The number of nitrogens with zero attached hydrogens (tertiary/aromatic N) is 1. The normalized spacial score (nSPS) is 14.6. The highest BCUT2D eigenvalue weighted by molar-refractivity contribution is 7.47. The summed E-state index contributed by atoms with van der Waals surface area (Å²) in [7, 11) is -0.00558. The summed E-state index contributed by atoms with van der Waals surface area (Å²) >= 11 is 0. The molecule has 0 amide bonds. The lowest BCUT2D eigenvalue weighted by molar-refractivity contribution is -0.903. The summed E-state index contributed by atoms with van der Waals surface area (Å²) in [6.07, 6.45) is 1.07. The van der Waals surface area contributed by atoms with E-state index in [2.05, 4.69) is 73.0 Å². The van der Waals surface area contributed by atoms with Crippen molar-refractivity contribution in [1.82, 2.24) is 0 Å². The van der Waals surface area contributed by atoms with Crippen LogP contribution in [0.25, 0.3) is 0 Å². The van der Waals surface area contributed by atoms with E-state index in [1.807, 2.05) is 30.3 Å². The van der Waals surface area contributed by atoms with E-state index in [4.69, 9.17) is 13.8 Å². The maximum absolute atomic E-state index is 12.2. The Morgan fingerprint density at radius 1 is 0.853 bits per heavy atom. The first-order chi connectivity index (χ1) is 15.7. The van der Waals surface area contributed by atoms with Crippen LogP contribution in [0.3, 0.4) is 0 Å². The predicted molar refractivity (Wildman–Crippen MR) is 138 cm³/mol. The van der Waals surface area contributed by atoms with E-state index >= 15 is 0 Å². The van der Waals surface area contributed by atoms with Crippen LogP contribution in [0.5, 0.6) is 5.75 Å². The molecule has 2 rings (SSSR count). The van der Waals surface area contributed by atoms with E-state index in [0.29, 0.717) is 16.8 Å². The molecule has 0 heterocycles. The third-order valence-corrected chi connectivity index (χ3v) is 6.64. The van der Waals surface area contributed by atoms with Gasteiger partial charge in [0.05, 0.1) is 20.7 Å². The molecule has 2 aromatic rings. The maximum atomic E-state index is 12.2. The fraction of sp³-hybridized carbons (Fsp3) is 0.556. The minimum Gasteiger partial charge on any atom is -0.491 e. The van der Waals surface area contributed by atoms with Gasteiger partial charge < -0.3 is 14.1 Å². The molecular weight excluding hydrogens is 449 g/mol. The van der Waals surface area contributed by atoms with Gasteiger partial charge in [0.1, 0.15) is 32.1 Å². The minimum atomic E-state index is -4.12. The van der Waals surface area contributed by atoms with E-state index in [0.717, 1.165) is 13.0 Å². The molecule has 1 unspecified atom stereocenters. The van der Waals surface area contributed by atoms with Gasteiger partial charge in [0.2, 0.25) is 0 Å². The summed E-state index contributed by atoms with van der Waals surface area (Å²) in [6.45, 7) is 12.9. The largest absolute Gasteiger partial charge is 0.491 e. The maximum Gasteiger partial charge on any atom is 0.472 e. The number of benzene rings is 2. The van der Waals surface area contributed by atoms with E-state index in [1.54, 1.807) is 0 Å². The summed E-state index contributed by atoms with van der Waals surface area (Å²) in [5.41, 5.74) is 2.77. The second kappa shape index (κ2) is 11.8. The Hall–Kier alpha value is -1.69. The third kappa shape index (κ3) is 10.7. The molecule has 6 nitrogen and oxygen atoms in total. The standard InChI is InChI=1S/C27H42NO5P/c1-26(2,3)22-27(4,5)24-13-15-25(16-14-24)31-19-20-33-34(29,30)32-18-17-28(6,7)21-23-11-9-8-10-12-23/h8-16H,17-22H2,1-7H3/p+1. The summed E-state index contributed by atoms with van der Waals surface area (Å²) in [5.74, 6) is 0.701. The smallest absolute Gasteiger partial charge is 0.472 e. The van der Waals surface area contributed by atoms with Gasteiger partial charge in [-0.2, -0.15) is 0 Å². The highest BCUT2D eigenvalue weighted by Crippen LogP contribution is 2.43. The highest BCUT2D eigenvalue weighted by atomic mass is 31.2. The Morgan fingerprint density at radius 3 is 2.03 bits per heavy atom. The number of hydrogen-bond acceptors (Lipinski definition) is 4. The number of ether oxygens (including phenoxy) is 1. The number of phosphoric ester groups is 1. The monoisotopic (exact) mass is 492 g/mol. The molecule has 2 aromatic carbocycles. The lowest BCUT2D eigenvalue weighted by Gasteiger charge is -2.33. The topological polar surface area (TPSA) is 65.0 Å². The molecule has 0 spiro atoms. The van der Waals surface area contributed by atoms with Crippen molar-refractivity contribution < 1.29 is 27.7 Å². The van der Waals surface area contributed by atoms with Crippen LogP contribution >= 0.6 is 7.82 Å².